The first-order valence-corrected chi connectivity index (χ1v) is 20.8. The van der Waals surface area contributed by atoms with Crippen molar-refractivity contribution in [3.8, 4) is 0 Å². The summed E-state index contributed by atoms with van der Waals surface area (Å²) in [7, 11) is 0. The summed E-state index contributed by atoms with van der Waals surface area (Å²) < 4.78 is 6.15. The molecule has 0 heterocycles. The summed E-state index contributed by atoms with van der Waals surface area (Å²) in [6.45, 7) is 25.3. The second-order valence-corrected chi connectivity index (χ2v) is 20.8. The summed E-state index contributed by atoms with van der Waals surface area (Å²) in [5, 5.41) is 24.9. The molecule has 4 N–H and O–H groups in total. The number of carbonyl (C=O) groups excluding carboxylic acids is 3. The maximum absolute atomic E-state index is 14.4. The van der Waals surface area contributed by atoms with Crippen molar-refractivity contribution in [1.82, 2.24) is 10.6 Å². The maximum Gasteiger partial charge on any atom is 0.326 e. The van der Waals surface area contributed by atoms with E-state index in [9.17, 15) is 34.2 Å². The number of esters is 1. The van der Waals surface area contributed by atoms with Crippen LogP contribution in [0.1, 0.15) is 146 Å². The van der Waals surface area contributed by atoms with E-state index in [0.717, 1.165) is 69.8 Å². The Bertz CT molecular complexity index is 1540. The Morgan fingerprint density at radius 2 is 1.52 bits per heavy atom. The molecule has 0 bridgehead atoms. The highest BCUT2D eigenvalue weighted by Crippen LogP contribution is 2.77. The number of nitrogens with one attached hydrogen (secondary N) is 2. The van der Waals surface area contributed by atoms with Crippen LogP contribution in [0, 0.1) is 68.0 Å². The zero-order valence-corrected chi connectivity index (χ0v) is 34.9. The van der Waals surface area contributed by atoms with Crippen molar-refractivity contribution in [2.75, 3.05) is 6.54 Å². The molecule has 10 heteroatoms. The maximum atomic E-state index is 14.4. The van der Waals surface area contributed by atoms with Crippen LogP contribution in [0.25, 0.3) is 0 Å². The van der Waals surface area contributed by atoms with Gasteiger partial charge in [-0.15, -0.1) is 0 Å². The fourth-order valence-electron chi connectivity index (χ4n) is 13.6. The lowest BCUT2D eigenvalue weighted by atomic mass is 9.32. The molecule has 5 aliphatic carbocycles. The number of carbonyl (C=O) groups is 5. The SMILES string of the molecule is C=C(C)[C@@H]1CC[C@]2(C(=O)NCC(=O)NC(CC(C)C)C(=O)O)CC[C@]3(C)[C@H](CCC4[C@@]5(C)CCC(OC(=O)CC(C)(C)C(=O)O)C(C)(C)[C@@H]5CC[C@]43C)[C@@H]12. The average molecular weight is 755 g/mol. The van der Waals surface area contributed by atoms with E-state index in [4.69, 9.17) is 4.74 Å². The Morgan fingerprint density at radius 1 is 0.852 bits per heavy atom. The van der Waals surface area contributed by atoms with E-state index in [2.05, 4.69) is 58.8 Å². The van der Waals surface area contributed by atoms with Crippen LogP contribution in [0.15, 0.2) is 12.2 Å². The van der Waals surface area contributed by atoms with E-state index in [-0.39, 0.29) is 64.4 Å². The first-order chi connectivity index (χ1) is 24.9. The van der Waals surface area contributed by atoms with Gasteiger partial charge in [0.2, 0.25) is 11.8 Å². The van der Waals surface area contributed by atoms with Crippen LogP contribution in [0.5, 0.6) is 0 Å². The molecule has 11 atom stereocenters. The van der Waals surface area contributed by atoms with Crippen LogP contribution in [0.2, 0.25) is 0 Å². The number of ether oxygens (including phenoxy) is 1. The highest BCUT2D eigenvalue weighted by atomic mass is 16.5. The number of aliphatic carboxylic acids is 2. The van der Waals surface area contributed by atoms with Gasteiger partial charge in [0.15, 0.2) is 0 Å². The van der Waals surface area contributed by atoms with Gasteiger partial charge in [0, 0.05) is 5.41 Å². The minimum atomic E-state index is -1.18. The van der Waals surface area contributed by atoms with Crippen LogP contribution in [-0.4, -0.2) is 58.6 Å². The first kappa shape index (κ1) is 42.2. The molecule has 0 saturated heterocycles. The minimum Gasteiger partial charge on any atom is -0.481 e. The van der Waals surface area contributed by atoms with E-state index >= 15 is 0 Å². The molecule has 2 amide bonds. The van der Waals surface area contributed by atoms with Crippen LogP contribution < -0.4 is 10.6 Å². The largest absolute Gasteiger partial charge is 0.481 e. The van der Waals surface area contributed by atoms with Crippen LogP contribution in [-0.2, 0) is 28.7 Å². The normalized spacial score (nSPS) is 38.8. The molecule has 0 aromatic rings. The van der Waals surface area contributed by atoms with Crippen molar-refractivity contribution in [2.24, 2.45) is 68.0 Å². The number of hydrogen-bond donors (Lipinski definition) is 4. The third kappa shape index (κ3) is 6.92. The van der Waals surface area contributed by atoms with Gasteiger partial charge >= 0.3 is 17.9 Å². The third-order valence-corrected chi connectivity index (χ3v) is 16.6. The number of carboxylic acids is 2. The quantitative estimate of drug-likeness (QED) is 0.116. The van der Waals surface area contributed by atoms with Gasteiger partial charge in [0.25, 0.3) is 0 Å². The van der Waals surface area contributed by atoms with Crippen LogP contribution in [0.3, 0.4) is 0 Å². The number of hydrogen-bond acceptors (Lipinski definition) is 6. The Morgan fingerprint density at radius 3 is 2.11 bits per heavy atom. The van der Waals surface area contributed by atoms with E-state index in [0.29, 0.717) is 24.2 Å². The number of carboxylic acid groups (broad SMARTS) is 2. The van der Waals surface area contributed by atoms with Crippen molar-refractivity contribution in [3.63, 3.8) is 0 Å². The fraction of sp³-hybridized carbons (Fsp3) is 0.841. The summed E-state index contributed by atoms with van der Waals surface area (Å²) in [5.74, 6) is -1.50. The molecular formula is C44H70N2O8. The molecule has 54 heavy (non-hydrogen) atoms. The van der Waals surface area contributed by atoms with Gasteiger partial charge in [0.1, 0.15) is 12.1 Å². The van der Waals surface area contributed by atoms with E-state index in [1.165, 1.54) is 0 Å². The molecule has 3 unspecified atom stereocenters. The number of fused-ring (bicyclic) bond motifs is 7. The van der Waals surface area contributed by atoms with Gasteiger partial charge in [-0.3, -0.25) is 19.2 Å². The zero-order chi connectivity index (χ0) is 40.4. The highest BCUT2D eigenvalue weighted by Gasteiger charge is 2.72. The molecule has 5 fully saturated rings. The van der Waals surface area contributed by atoms with Gasteiger partial charge in [-0.05, 0) is 143 Å². The van der Waals surface area contributed by atoms with Crippen molar-refractivity contribution in [2.45, 2.75) is 158 Å². The molecule has 304 valence electrons. The third-order valence-electron chi connectivity index (χ3n) is 16.6. The van der Waals surface area contributed by atoms with Crippen LogP contribution in [0.4, 0.5) is 0 Å². The first-order valence-electron chi connectivity index (χ1n) is 20.8. The van der Waals surface area contributed by atoms with Gasteiger partial charge < -0.3 is 25.6 Å². The van der Waals surface area contributed by atoms with E-state index in [1.54, 1.807) is 13.8 Å². The predicted molar refractivity (Wildman–Crippen MR) is 207 cm³/mol. The summed E-state index contributed by atoms with van der Waals surface area (Å²) in [6.07, 6.45) is 9.15. The number of allylic oxidation sites excluding steroid dienone is 1. The summed E-state index contributed by atoms with van der Waals surface area (Å²) in [6, 6.07) is -0.991. The zero-order valence-electron chi connectivity index (χ0n) is 34.9. The molecule has 0 aliphatic heterocycles. The van der Waals surface area contributed by atoms with Crippen molar-refractivity contribution < 1.29 is 38.9 Å². The molecule has 0 aromatic heterocycles. The molecule has 0 radical (unpaired) electrons. The van der Waals surface area contributed by atoms with E-state index < -0.39 is 40.7 Å². The minimum absolute atomic E-state index is 0.00478. The number of amides is 2. The topological polar surface area (TPSA) is 159 Å². The van der Waals surface area contributed by atoms with Crippen molar-refractivity contribution >= 4 is 29.7 Å². The molecule has 10 nitrogen and oxygen atoms in total. The van der Waals surface area contributed by atoms with Gasteiger partial charge in [-0.25, -0.2) is 4.79 Å². The Hall–Kier alpha value is -2.91. The van der Waals surface area contributed by atoms with Gasteiger partial charge in [-0.2, -0.15) is 0 Å². The van der Waals surface area contributed by atoms with Crippen LogP contribution >= 0.6 is 0 Å². The fourth-order valence-corrected chi connectivity index (χ4v) is 13.6. The lowest BCUT2D eigenvalue weighted by Gasteiger charge is -2.72. The van der Waals surface area contributed by atoms with Gasteiger partial charge in [-0.1, -0.05) is 60.6 Å². The molecule has 0 aromatic carbocycles. The number of rotatable bonds is 12. The Balaban J connectivity index is 1.36. The van der Waals surface area contributed by atoms with Crippen molar-refractivity contribution in [1.29, 1.82) is 0 Å². The standard InChI is InChI=1S/C44H70N2O8/c1-25(2)22-29(36(49)50)46-33(47)24-45-37(51)44-19-14-27(26(3)4)35(44)28-12-13-31-41(9)17-16-32(54-34(48)23-39(5,6)38(52)53)40(7,8)30(41)15-18-43(31,11)42(28,10)20-21-44/h25,27-32,35H,3,12-24H2,1-2,4-11H3,(H,45,51)(H,46,47)(H,49,50)(H,52,53)/t27-,28+,29?,30-,31?,32?,35+,41-,42+,43+,44-/m0/s1. The molecule has 0 spiro atoms. The highest BCUT2D eigenvalue weighted by molar-refractivity contribution is 5.90. The summed E-state index contributed by atoms with van der Waals surface area (Å²) in [4.78, 5) is 64.0. The molecular weight excluding hydrogens is 684 g/mol. The predicted octanol–water partition coefficient (Wildman–Crippen LogP) is 7.79. The monoisotopic (exact) mass is 755 g/mol. The molecule has 5 rings (SSSR count). The van der Waals surface area contributed by atoms with Gasteiger partial charge in [0.05, 0.1) is 23.8 Å². The average Bonchev–Trinajstić information content (AvgIpc) is 3.46. The molecule has 5 saturated carbocycles. The summed E-state index contributed by atoms with van der Waals surface area (Å²) >= 11 is 0. The Labute approximate surface area is 323 Å². The second-order valence-electron chi connectivity index (χ2n) is 20.8. The summed E-state index contributed by atoms with van der Waals surface area (Å²) in [5.41, 5.74) is -0.842. The Kier molecular flexibility index (Phi) is 11.4. The van der Waals surface area contributed by atoms with E-state index in [1.807, 2.05) is 13.8 Å². The van der Waals surface area contributed by atoms with Crippen molar-refractivity contribution in [3.05, 3.63) is 12.2 Å². The second kappa shape index (κ2) is 14.5. The molecule has 5 aliphatic rings. The lowest BCUT2D eigenvalue weighted by Crippen LogP contribution is -2.67. The smallest absolute Gasteiger partial charge is 0.326 e. The lowest BCUT2D eigenvalue weighted by molar-refractivity contribution is -0.249.